The molecule has 0 aliphatic carbocycles. The standard InChI is InChI=1S/C10H21N3O.C2H6/c1-3-4-11-10(14)9-13-7-5-12(2)6-8-13;1-2/h3-9H2,1-2H3,(H,11,14);1-2H3. The molecule has 0 aromatic heterocycles. The first-order valence-corrected chi connectivity index (χ1v) is 6.40. The number of carbonyl (C=O) groups is 1. The first-order chi connectivity index (χ1) is 7.72. The molecule has 4 heteroatoms. The first kappa shape index (κ1) is 15.4. The van der Waals surface area contributed by atoms with Crippen molar-refractivity contribution in [1.82, 2.24) is 15.1 Å². The van der Waals surface area contributed by atoms with Crippen LogP contribution >= 0.6 is 0 Å². The van der Waals surface area contributed by atoms with Crippen LogP contribution in [0.2, 0.25) is 0 Å². The normalized spacial score (nSPS) is 17.5. The van der Waals surface area contributed by atoms with Gasteiger partial charge in [0.25, 0.3) is 0 Å². The van der Waals surface area contributed by atoms with Gasteiger partial charge in [-0.1, -0.05) is 20.8 Å². The van der Waals surface area contributed by atoms with Gasteiger partial charge in [-0.15, -0.1) is 0 Å². The number of amides is 1. The number of nitrogens with zero attached hydrogens (tertiary/aromatic N) is 2. The molecule has 1 rings (SSSR count). The zero-order valence-corrected chi connectivity index (χ0v) is 11.3. The Hall–Kier alpha value is -0.610. The van der Waals surface area contributed by atoms with E-state index in [0.29, 0.717) is 6.54 Å². The summed E-state index contributed by atoms with van der Waals surface area (Å²) in [5.74, 6) is 0.163. The van der Waals surface area contributed by atoms with Crippen LogP contribution in [0.25, 0.3) is 0 Å². The molecule has 0 aromatic rings. The summed E-state index contributed by atoms with van der Waals surface area (Å²) in [5, 5.41) is 2.90. The third-order valence-electron chi connectivity index (χ3n) is 2.54. The number of piperazine rings is 1. The van der Waals surface area contributed by atoms with Gasteiger partial charge in [0.15, 0.2) is 0 Å². The maximum Gasteiger partial charge on any atom is 0.234 e. The van der Waals surface area contributed by atoms with Crippen molar-refractivity contribution in [2.45, 2.75) is 27.2 Å². The van der Waals surface area contributed by atoms with E-state index in [9.17, 15) is 4.79 Å². The SMILES string of the molecule is CC.CCCNC(=O)CN1CCN(C)CC1. The molecule has 16 heavy (non-hydrogen) atoms. The van der Waals surface area contributed by atoms with Crippen LogP contribution in [-0.2, 0) is 4.79 Å². The Labute approximate surface area is 100.0 Å². The lowest BCUT2D eigenvalue weighted by Crippen LogP contribution is -2.48. The van der Waals surface area contributed by atoms with Gasteiger partial charge in [0.05, 0.1) is 6.54 Å². The molecule has 0 unspecified atom stereocenters. The van der Waals surface area contributed by atoms with Crippen molar-refractivity contribution in [3.63, 3.8) is 0 Å². The summed E-state index contributed by atoms with van der Waals surface area (Å²) < 4.78 is 0. The van der Waals surface area contributed by atoms with Gasteiger partial charge in [0, 0.05) is 32.7 Å². The fraction of sp³-hybridized carbons (Fsp3) is 0.917. The van der Waals surface area contributed by atoms with Gasteiger partial charge >= 0.3 is 0 Å². The van der Waals surface area contributed by atoms with Gasteiger partial charge < -0.3 is 10.2 Å². The predicted octanol–water partition coefficient (Wildman–Crippen LogP) is 0.786. The molecular formula is C12H27N3O. The number of carbonyl (C=O) groups excluding carboxylic acids is 1. The van der Waals surface area contributed by atoms with Crippen LogP contribution in [0.5, 0.6) is 0 Å². The van der Waals surface area contributed by atoms with Crippen molar-refractivity contribution in [2.75, 3.05) is 46.3 Å². The molecule has 1 aliphatic heterocycles. The van der Waals surface area contributed by atoms with E-state index < -0.39 is 0 Å². The van der Waals surface area contributed by atoms with E-state index in [2.05, 4.69) is 29.1 Å². The number of nitrogens with one attached hydrogen (secondary N) is 1. The monoisotopic (exact) mass is 229 g/mol. The summed E-state index contributed by atoms with van der Waals surface area (Å²) in [6, 6.07) is 0. The number of hydrogen-bond acceptors (Lipinski definition) is 3. The fourth-order valence-corrected chi connectivity index (χ4v) is 1.53. The van der Waals surface area contributed by atoms with Crippen molar-refractivity contribution >= 4 is 5.91 Å². The lowest BCUT2D eigenvalue weighted by Gasteiger charge is -2.31. The van der Waals surface area contributed by atoms with E-state index in [1.54, 1.807) is 0 Å². The Morgan fingerprint density at radius 1 is 1.19 bits per heavy atom. The molecular weight excluding hydrogens is 202 g/mol. The Bertz CT molecular complexity index is 177. The average Bonchev–Trinajstić information content (AvgIpc) is 2.32. The van der Waals surface area contributed by atoms with E-state index in [0.717, 1.165) is 39.1 Å². The van der Waals surface area contributed by atoms with E-state index in [4.69, 9.17) is 0 Å². The predicted molar refractivity (Wildman–Crippen MR) is 68.6 cm³/mol. The minimum absolute atomic E-state index is 0.163. The van der Waals surface area contributed by atoms with Gasteiger partial charge in [-0.05, 0) is 13.5 Å². The van der Waals surface area contributed by atoms with Gasteiger partial charge in [-0.2, -0.15) is 0 Å². The number of hydrogen-bond donors (Lipinski definition) is 1. The third-order valence-corrected chi connectivity index (χ3v) is 2.54. The van der Waals surface area contributed by atoms with Crippen LogP contribution in [0.15, 0.2) is 0 Å². The molecule has 1 fully saturated rings. The molecule has 0 radical (unpaired) electrons. The van der Waals surface area contributed by atoms with Crippen molar-refractivity contribution in [3.05, 3.63) is 0 Å². The van der Waals surface area contributed by atoms with E-state index in [1.807, 2.05) is 13.8 Å². The zero-order chi connectivity index (χ0) is 12.4. The summed E-state index contributed by atoms with van der Waals surface area (Å²) in [7, 11) is 2.12. The number of rotatable bonds is 4. The van der Waals surface area contributed by atoms with Crippen LogP contribution in [0, 0.1) is 0 Å². The molecule has 1 amide bonds. The molecule has 0 atom stereocenters. The van der Waals surface area contributed by atoms with E-state index >= 15 is 0 Å². The van der Waals surface area contributed by atoms with Crippen LogP contribution in [0.4, 0.5) is 0 Å². The van der Waals surface area contributed by atoms with Gasteiger partial charge in [0.1, 0.15) is 0 Å². The molecule has 1 heterocycles. The molecule has 4 nitrogen and oxygen atoms in total. The van der Waals surface area contributed by atoms with Gasteiger partial charge in [-0.25, -0.2) is 0 Å². The highest BCUT2D eigenvalue weighted by atomic mass is 16.2. The molecule has 0 aromatic carbocycles. The van der Waals surface area contributed by atoms with E-state index in [1.165, 1.54) is 0 Å². The second kappa shape index (κ2) is 9.60. The van der Waals surface area contributed by atoms with Crippen molar-refractivity contribution in [1.29, 1.82) is 0 Å². The zero-order valence-electron chi connectivity index (χ0n) is 11.3. The van der Waals surface area contributed by atoms with Gasteiger partial charge in [-0.3, -0.25) is 9.69 Å². The first-order valence-electron chi connectivity index (χ1n) is 6.40. The Morgan fingerprint density at radius 3 is 2.25 bits per heavy atom. The lowest BCUT2D eigenvalue weighted by molar-refractivity contribution is -0.122. The highest BCUT2D eigenvalue weighted by Crippen LogP contribution is 1.97. The highest BCUT2D eigenvalue weighted by molar-refractivity contribution is 5.77. The van der Waals surface area contributed by atoms with Crippen molar-refractivity contribution in [2.24, 2.45) is 0 Å². The minimum atomic E-state index is 0.163. The number of likely N-dealkylation sites (N-methyl/N-ethyl adjacent to an activating group) is 1. The Balaban J connectivity index is 0.00000106. The summed E-state index contributed by atoms with van der Waals surface area (Å²) in [6.45, 7) is 11.6. The summed E-state index contributed by atoms with van der Waals surface area (Å²) in [6.07, 6.45) is 1.01. The minimum Gasteiger partial charge on any atom is -0.355 e. The summed E-state index contributed by atoms with van der Waals surface area (Å²) >= 11 is 0. The molecule has 96 valence electrons. The summed E-state index contributed by atoms with van der Waals surface area (Å²) in [4.78, 5) is 15.9. The molecule has 1 N–H and O–H groups in total. The molecule has 0 spiro atoms. The van der Waals surface area contributed by atoms with Crippen molar-refractivity contribution < 1.29 is 4.79 Å². The average molecular weight is 229 g/mol. The quantitative estimate of drug-likeness (QED) is 0.774. The van der Waals surface area contributed by atoms with Crippen LogP contribution < -0.4 is 5.32 Å². The smallest absolute Gasteiger partial charge is 0.234 e. The topological polar surface area (TPSA) is 35.6 Å². The Kier molecular flexibility index (Phi) is 9.24. The van der Waals surface area contributed by atoms with E-state index in [-0.39, 0.29) is 5.91 Å². The largest absolute Gasteiger partial charge is 0.355 e. The molecule has 1 aliphatic rings. The molecule has 0 bridgehead atoms. The maximum absolute atomic E-state index is 11.4. The fourth-order valence-electron chi connectivity index (χ4n) is 1.53. The van der Waals surface area contributed by atoms with Gasteiger partial charge in [0.2, 0.25) is 5.91 Å². The van der Waals surface area contributed by atoms with Crippen LogP contribution in [0.3, 0.4) is 0 Å². The maximum atomic E-state index is 11.4. The third kappa shape index (κ3) is 6.80. The van der Waals surface area contributed by atoms with Crippen molar-refractivity contribution in [3.8, 4) is 0 Å². The molecule has 1 saturated heterocycles. The second-order valence-electron chi connectivity index (χ2n) is 3.93. The molecule has 0 saturated carbocycles. The Morgan fingerprint density at radius 2 is 1.75 bits per heavy atom. The summed E-state index contributed by atoms with van der Waals surface area (Å²) in [5.41, 5.74) is 0. The lowest BCUT2D eigenvalue weighted by atomic mass is 10.3. The highest BCUT2D eigenvalue weighted by Gasteiger charge is 2.15. The van der Waals surface area contributed by atoms with Crippen LogP contribution in [0.1, 0.15) is 27.2 Å². The second-order valence-corrected chi connectivity index (χ2v) is 3.93. The van der Waals surface area contributed by atoms with Crippen LogP contribution in [-0.4, -0.2) is 62.0 Å².